The van der Waals surface area contributed by atoms with Crippen molar-refractivity contribution in [3.8, 4) is 0 Å². The molecule has 0 spiro atoms. The third-order valence-corrected chi connectivity index (χ3v) is 2.97. The smallest absolute Gasteiger partial charge is 0.194 e. The summed E-state index contributed by atoms with van der Waals surface area (Å²) in [6, 6.07) is 0. The molecule has 70 valence electrons. The minimum atomic E-state index is 0.149. The van der Waals surface area contributed by atoms with Crippen LogP contribution in [0.3, 0.4) is 0 Å². The van der Waals surface area contributed by atoms with Crippen molar-refractivity contribution in [3.05, 3.63) is 23.0 Å². The molecule has 0 aromatic carbocycles. The highest BCUT2D eigenvalue weighted by molar-refractivity contribution is 7.15. The molecular weight excluding hydrogens is 180 g/mol. The molecule has 2 aromatic rings. The van der Waals surface area contributed by atoms with Gasteiger partial charge in [-0.25, -0.2) is 4.98 Å². The van der Waals surface area contributed by atoms with Gasteiger partial charge in [0.05, 0.1) is 5.69 Å². The highest BCUT2D eigenvalue weighted by Gasteiger charge is 2.21. The summed E-state index contributed by atoms with van der Waals surface area (Å²) in [4.78, 5) is 5.72. The lowest BCUT2D eigenvalue weighted by Gasteiger charge is -2.16. The Morgan fingerprint density at radius 2 is 2.08 bits per heavy atom. The number of imidazole rings is 1. The summed E-state index contributed by atoms with van der Waals surface area (Å²) in [6.45, 7) is 8.73. The van der Waals surface area contributed by atoms with E-state index in [0.717, 1.165) is 4.96 Å². The maximum Gasteiger partial charge on any atom is 0.194 e. The van der Waals surface area contributed by atoms with Gasteiger partial charge < -0.3 is 0 Å². The molecule has 2 aromatic heterocycles. The predicted molar refractivity (Wildman–Crippen MR) is 56.5 cm³/mol. The molecule has 13 heavy (non-hydrogen) atoms. The van der Waals surface area contributed by atoms with E-state index in [-0.39, 0.29) is 5.41 Å². The fourth-order valence-corrected chi connectivity index (χ4v) is 2.37. The number of fused-ring (bicyclic) bond motifs is 1. The summed E-state index contributed by atoms with van der Waals surface area (Å²) in [5, 5.41) is 2.07. The van der Waals surface area contributed by atoms with Crippen molar-refractivity contribution in [2.45, 2.75) is 33.1 Å². The molecule has 2 rings (SSSR count). The molecule has 0 atom stereocenters. The van der Waals surface area contributed by atoms with E-state index in [1.165, 1.54) is 11.4 Å². The summed E-state index contributed by atoms with van der Waals surface area (Å²) in [7, 11) is 0. The zero-order valence-corrected chi connectivity index (χ0v) is 9.27. The quantitative estimate of drug-likeness (QED) is 0.630. The van der Waals surface area contributed by atoms with Gasteiger partial charge >= 0.3 is 0 Å². The largest absolute Gasteiger partial charge is 0.295 e. The van der Waals surface area contributed by atoms with Gasteiger partial charge in [-0.1, -0.05) is 20.8 Å². The summed E-state index contributed by atoms with van der Waals surface area (Å²) in [5.41, 5.74) is 2.62. The Morgan fingerprint density at radius 3 is 2.62 bits per heavy atom. The molecule has 0 fully saturated rings. The Kier molecular flexibility index (Phi) is 1.74. The summed E-state index contributed by atoms with van der Waals surface area (Å²) in [6.07, 6.45) is 2.08. The topological polar surface area (TPSA) is 17.3 Å². The SMILES string of the molecule is Cc1c(C(C)(C)C)nc2sccn12. The zero-order valence-electron chi connectivity index (χ0n) is 8.46. The van der Waals surface area contributed by atoms with Crippen LogP contribution in [0, 0.1) is 6.92 Å². The van der Waals surface area contributed by atoms with Crippen LogP contribution in [0.4, 0.5) is 0 Å². The average molecular weight is 194 g/mol. The molecular formula is C10H14N2S. The summed E-state index contributed by atoms with van der Waals surface area (Å²) in [5.74, 6) is 0. The second-order valence-electron chi connectivity index (χ2n) is 4.35. The number of hydrogen-bond donors (Lipinski definition) is 0. The minimum absolute atomic E-state index is 0.149. The van der Waals surface area contributed by atoms with Gasteiger partial charge in [0.2, 0.25) is 0 Å². The van der Waals surface area contributed by atoms with Crippen molar-refractivity contribution in [3.63, 3.8) is 0 Å². The Hall–Kier alpha value is -0.830. The number of thiazole rings is 1. The van der Waals surface area contributed by atoms with E-state index < -0.39 is 0 Å². The molecule has 0 saturated heterocycles. The normalized spacial score (nSPS) is 12.6. The van der Waals surface area contributed by atoms with Gasteiger partial charge in [-0.3, -0.25) is 4.40 Å². The van der Waals surface area contributed by atoms with Gasteiger partial charge in [0.15, 0.2) is 4.96 Å². The second-order valence-corrected chi connectivity index (χ2v) is 5.22. The van der Waals surface area contributed by atoms with Gasteiger partial charge in [-0.15, -0.1) is 11.3 Å². The van der Waals surface area contributed by atoms with E-state index in [2.05, 4.69) is 48.7 Å². The molecule has 2 heterocycles. The van der Waals surface area contributed by atoms with Crippen LogP contribution in [0.1, 0.15) is 32.2 Å². The van der Waals surface area contributed by atoms with E-state index in [9.17, 15) is 0 Å². The van der Waals surface area contributed by atoms with Crippen LogP contribution in [-0.4, -0.2) is 9.38 Å². The highest BCUT2D eigenvalue weighted by atomic mass is 32.1. The Morgan fingerprint density at radius 1 is 1.38 bits per heavy atom. The summed E-state index contributed by atoms with van der Waals surface area (Å²) >= 11 is 1.69. The van der Waals surface area contributed by atoms with Crippen molar-refractivity contribution in [2.75, 3.05) is 0 Å². The standard InChI is InChI=1S/C10H14N2S/c1-7-8(10(2,3)4)11-9-12(7)5-6-13-9/h5-6H,1-4H3. The minimum Gasteiger partial charge on any atom is -0.295 e. The highest BCUT2D eigenvalue weighted by Crippen LogP contribution is 2.27. The lowest BCUT2D eigenvalue weighted by Crippen LogP contribution is -2.13. The van der Waals surface area contributed by atoms with Crippen molar-refractivity contribution in [2.24, 2.45) is 0 Å². The van der Waals surface area contributed by atoms with Crippen LogP contribution < -0.4 is 0 Å². The number of aromatic nitrogens is 2. The van der Waals surface area contributed by atoms with Crippen LogP contribution in [0.15, 0.2) is 11.6 Å². The van der Waals surface area contributed by atoms with E-state index in [1.54, 1.807) is 11.3 Å². The number of nitrogens with zero attached hydrogens (tertiary/aromatic N) is 2. The molecule has 0 N–H and O–H groups in total. The number of rotatable bonds is 0. The average Bonchev–Trinajstić information content (AvgIpc) is 2.51. The lowest BCUT2D eigenvalue weighted by molar-refractivity contribution is 0.568. The van der Waals surface area contributed by atoms with Crippen LogP contribution in [0.2, 0.25) is 0 Å². The molecule has 0 saturated carbocycles. The van der Waals surface area contributed by atoms with Gasteiger partial charge in [0.1, 0.15) is 0 Å². The van der Waals surface area contributed by atoms with Crippen molar-refractivity contribution in [1.82, 2.24) is 9.38 Å². The lowest BCUT2D eigenvalue weighted by atomic mass is 9.91. The van der Waals surface area contributed by atoms with Gasteiger partial charge in [-0.05, 0) is 6.92 Å². The molecule has 2 nitrogen and oxygen atoms in total. The van der Waals surface area contributed by atoms with Crippen LogP contribution in [0.5, 0.6) is 0 Å². The Labute approximate surface area is 82.2 Å². The molecule has 0 aliphatic rings. The molecule has 3 heteroatoms. The molecule has 0 bridgehead atoms. The number of aryl methyl sites for hydroxylation is 1. The van der Waals surface area contributed by atoms with Gasteiger partial charge in [0.25, 0.3) is 0 Å². The van der Waals surface area contributed by atoms with Gasteiger partial charge in [-0.2, -0.15) is 0 Å². The van der Waals surface area contributed by atoms with Crippen molar-refractivity contribution in [1.29, 1.82) is 0 Å². The molecule has 0 amide bonds. The third kappa shape index (κ3) is 1.27. The van der Waals surface area contributed by atoms with E-state index in [0.29, 0.717) is 0 Å². The van der Waals surface area contributed by atoms with Crippen LogP contribution >= 0.6 is 11.3 Å². The first-order chi connectivity index (χ1) is 6.00. The molecule has 0 unspecified atom stereocenters. The monoisotopic (exact) mass is 194 g/mol. The predicted octanol–water partition coefficient (Wildman–Crippen LogP) is 3.00. The van der Waals surface area contributed by atoms with E-state index in [1.807, 2.05) is 0 Å². The third-order valence-electron chi connectivity index (χ3n) is 2.21. The fraction of sp³-hybridized carbons (Fsp3) is 0.500. The van der Waals surface area contributed by atoms with E-state index >= 15 is 0 Å². The Bertz CT molecular complexity index is 431. The van der Waals surface area contributed by atoms with E-state index in [4.69, 9.17) is 0 Å². The maximum atomic E-state index is 4.62. The van der Waals surface area contributed by atoms with Crippen LogP contribution in [-0.2, 0) is 5.41 Å². The number of hydrogen-bond acceptors (Lipinski definition) is 2. The van der Waals surface area contributed by atoms with Crippen molar-refractivity contribution >= 4 is 16.3 Å². The fourth-order valence-electron chi connectivity index (χ4n) is 1.61. The first-order valence-corrected chi connectivity index (χ1v) is 5.31. The maximum absolute atomic E-state index is 4.62. The molecule has 0 aliphatic heterocycles. The second kappa shape index (κ2) is 2.58. The van der Waals surface area contributed by atoms with Gasteiger partial charge in [0, 0.05) is 22.7 Å². The van der Waals surface area contributed by atoms with Crippen LogP contribution in [0.25, 0.3) is 4.96 Å². The Balaban J connectivity index is 2.71. The summed E-state index contributed by atoms with van der Waals surface area (Å²) < 4.78 is 2.16. The van der Waals surface area contributed by atoms with Crippen molar-refractivity contribution < 1.29 is 0 Å². The molecule has 0 radical (unpaired) electrons. The zero-order chi connectivity index (χ0) is 9.64. The first-order valence-electron chi connectivity index (χ1n) is 4.43. The first kappa shape index (κ1) is 8.75. The molecule has 0 aliphatic carbocycles.